The van der Waals surface area contributed by atoms with Crippen molar-refractivity contribution >= 4 is 12.0 Å². The molecule has 1 aliphatic rings. The van der Waals surface area contributed by atoms with Crippen LogP contribution in [0.1, 0.15) is 12.8 Å². The van der Waals surface area contributed by atoms with Crippen molar-refractivity contribution in [1.29, 1.82) is 0 Å². The number of methoxy groups -OCH3 is 1. The van der Waals surface area contributed by atoms with Gasteiger partial charge in [-0.25, -0.2) is 4.79 Å². The summed E-state index contributed by atoms with van der Waals surface area (Å²) in [6.07, 6.45) is 1.35. The van der Waals surface area contributed by atoms with Crippen LogP contribution in [0.15, 0.2) is 0 Å². The van der Waals surface area contributed by atoms with Crippen LogP contribution in [0.2, 0.25) is 0 Å². The average Bonchev–Trinajstić information content (AvgIpc) is 2.64. The highest BCUT2D eigenvalue weighted by Gasteiger charge is 2.25. The zero-order chi connectivity index (χ0) is 11.3. The van der Waals surface area contributed by atoms with Crippen LogP contribution >= 0.6 is 0 Å². The summed E-state index contributed by atoms with van der Waals surface area (Å²) in [5, 5.41) is 2.12. The number of likely N-dealkylation sites (tertiary alicyclic amines) is 1. The Kier molecular flexibility index (Phi) is 4.51. The Bertz CT molecular complexity index is 245. The van der Waals surface area contributed by atoms with Crippen LogP contribution in [0.25, 0.3) is 0 Å². The smallest absolute Gasteiger partial charge is 0.413 e. The average molecular weight is 215 g/mol. The van der Waals surface area contributed by atoms with Crippen molar-refractivity contribution in [3.63, 3.8) is 0 Å². The van der Waals surface area contributed by atoms with E-state index >= 15 is 0 Å². The van der Waals surface area contributed by atoms with Gasteiger partial charge < -0.3 is 10.5 Å². The molecule has 2 amide bonds. The Balaban J connectivity index is 2.34. The number of ether oxygens (including phenoxy) is 1. The minimum absolute atomic E-state index is 0.205. The maximum atomic E-state index is 11.3. The number of imide groups is 1. The van der Waals surface area contributed by atoms with Crippen LogP contribution in [0.3, 0.4) is 0 Å². The summed E-state index contributed by atoms with van der Waals surface area (Å²) >= 11 is 0. The van der Waals surface area contributed by atoms with Crippen LogP contribution in [0.5, 0.6) is 0 Å². The number of hydrogen-bond donors (Lipinski definition) is 2. The van der Waals surface area contributed by atoms with Crippen molar-refractivity contribution in [1.82, 2.24) is 10.2 Å². The number of nitrogens with two attached hydrogens (primary N) is 1. The number of amides is 2. The Labute approximate surface area is 88.7 Å². The van der Waals surface area contributed by atoms with Crippen molar-refractivity contribution in [2.24, 2.45) is 5.73 Å². The van der Waals surface area contributed by atoms with Crippen molar-refractivity contribution in [3.8, 4) is 0 Å². The number of rotatable bonds is 3. The zero-order valence-corrected chi connectivity index (χ0v) is 8.86. The number of hydrogen-bond acceptors (Lipinski definition) is 5. The van der Waals surface area contributed by atoms with Gasteiger partial charge in [-0.15, -0.1) is 0 Å². The van der Waals surface area contributed by atoms with Gasteiger partial charge in [0.25, 0.3) is 0 Å². The Morgan fingerprint density at radius 1 is 1.60 bits per heavy atom. The number of carbonyl (C=O) groups excluding carboxylic acids is 2. The van der Waals surface area contributed by atoms with Crippen LogP contribution in [0, 0.1) is 0 Å². The van der Waals surface area contributed by atoms with E-state index in [0.717, 1.165) is 19.4 Å². The maximum absolute atomic E-state index is 11.3. The molecule has 0 bridgehead atoms. The van der Waals surface area contributed by atoms with E-state index in [2.05, 4.69) is 10.1 Å². The number of alkyl carbamates (subject to hydrolysis) is 1. The van der Waals surface area contributed by atoms with Crippen LogP contribution < -0.4 is 11.1 Å². The first-order chi connectivity index (χ1) is 7.17. The molecule has 1 unspecified atom stereocenters. The molecular weight excluding hydrogens is 198 g/mol. The van der Waals surface area contributed by atoms with Crippen LogP contribution in [0.4, 0.5) is 4.79 Å². The molecule has 0 spiro atoms. The first kappa shape index (κ1) is 11.9. The lowest BCUT2D eigenvalue weighted by Crippen LogP contribution is -2.44. The number of carbonyl (C=O) groups is 2. The van der Waals surface area contributed by atoms with Gasteiger partial charge in [0, 0.05) is 12.6 Å². The molecule has 0 aromatic heterocycles. The topological polar surface area (TPSA) is 84.7 Å². The second-order valence-electron chi connectivity index (χ2n) is 3.54. The molecule has 15 heavy (non-hydrogen) atoms. The van der Waals surface area contributed by atoms with Gasteiger partial charge in [0.05, 0.1) is 13.7 Å². The van der Waals surface area contributed by atoms with E-state index in [1.165, 1.54) is 7.11 Å². The number of nitrogens with one attached hydrogen (secondary N) is 1. The first-order valence-electron chi connectivity index (χ1n) is 4.99. The summed E-state index contributed by atoms with van der Waals surface area (Å²) in [4.78, 5) is 24.1. The Hall–Kier alpha value is -1.14. The van der Waals surface area contributed by atoms with Crippen molar-refractivity contribution < 1.29 is 14.3 Å². The first-order valence-corrected chi connectivity index (χ1v) is 4.99. The normalized spacial score (nSPS) is 21.3. The molecule has 1 aliphatic heterocycles. The molecule has 1 atom stereocenters. The monoisotopic (exact) mass is 215 g/mol. The highest BCUT2D eigenvalue weighted by molar-refractivity contribution is 5.92. The minimum atomic E-state index is -0.719. The molecule has 0 aliphatic carbocycles. The van der Waals surface area contributed by atoms with E-state index in [0.29, 0.717) is 6.54 Å². The van der Waals surface area contributed by atoms with Crippen molar-refractivity contribution in [2.75, 3.05) is 26.7 Å². The molecule has 6 heteroatoms. The van der Waals surface area contributed by atoms with Gasteiger partial charge in [0.1, 0.15) is 0 Å². The van der Waals surface area contributed by atoms with Gasteiger partial charge in [0.15, 0.2) is 0 Å². The Morgan fingerprint density at radius 3 is 2.93 bits per heavy atom. The molecule has 86 valence electrons. The van der Waals surface area contributed by atoms with E-state index < -0.39 is 6.09 Å². The highest BCUT2D eigenvalue weighted by Crippen LogP contribution is 2.14. The van der Waals surface area contributed by atoms with E-state index in [9.17, 15) is 9.59 Å². The van der Waals surface area contributed by atoms with E-state index in [1.807, 2.05) is 4.90 Å². The zero-order valence-electron chi connectivity index (χ0n) is 8.86. The summed E-state index contributed by atoms with van der Waals surface area (Å²) in [5.41, 5.74) is 5.56. The summed E-state index contributed by atoms with van der Waals surface area (Å²) in [5.74, 6) is -0.345. The fourth-order valence-electron chi connectivity index (χ4n) is 1.76. The fourth-order valence-corrected chi connectivity index (χ4v) is 1.76. The van der Waals surface area contributed by atoms with E-state index in [-0.39, 0.29) is 18.5 Å². The molecule has 1 saturated heterocycles. The second kappa shape index (κ2) is 5.67. The molecule has 6 nitrogen and oxygen atoms in total. The SMILES string of the molecule is COC(=O)NC(=O)CN1CCCC1CN. The molecule has 1 rings (SSSR count). The molecule has 1 heterocycles. The summed E-state index contributed by atoms with van der Waals surface area (Å²) < 4.78 is 4.32. The summed E-state index contributed by atoms with van der Waals surface area (Å²) in [6.45, 7) is 1.61. The molecule has 0 saturated carbocycles. The standard InChI is InChI=1S/C9H17N3O3/c1-15-9(14)11-8(13)6-12-4-2-3-7(12)5-10/h7H,2-6,10H2,1H3,(H,11,13,14). The van der Waals surface area contributed by atoms with Crippen molar-refractivity contribution in [2.45, 2.75) is 18.9 Å². The fraction of sp³-hybridized carbons (Fsp3) is 0.778. The van der Waals surface area contributed by atoms with Gasteiger partial charge in [-0.2, -0.15) is 0 Å². The largest absolute Gasteiger partial charge is 0.453 e. The van der Waals surface area contributed by atoms with Crippen LogP contribution in [-0.4, -0.2) is 49.7 Å². The van der Waals surface area contributed by atoms with Gasteiger partial charge in [-0.3, -0.25) is 15.0 Å². The third-order valence-corrected chi connectivity index (χ3v) is 2.54. The second-order valence-corrected chi connectivity index (χ2v) is 3.54. The van der Waals surface area contributed by atoms with Crippen LogP contribution in [-0.2, 0) is 9.53 Å². The lowest BCUT2D eigenvalue weighted by Gasteiger charge is -2.21. The predicted molar refractivity (Wildman–Crippen MR) is 54.2 cm³/mol. The third-order valence-electron chi connectivity index (χ3n) is 2.54. The van der Waals surface area contributed by atoms with Gasteiger partial charge >= 0.3 is 6.09 Å². The quantitative estimate of drug-likeness (QED) is 0.649. The molecule has 0 radical (unpaired) electrons. The molecule has 0 aromatic rings. The summed E-state index contributed by atoms with van der Waals surface area (Å²) in [6, 6.07) is 0.258. The van der Waals surface area contributed by atoms with Gasteiger partial charge in [-0.1, -0.05) is 0 Å². The predicted octanol–water partition coefficient (Wildman–Crippen LogP) is -0.708. The van der Waals surface area contributed by atoms with Crippen molar-refractivity contribution in [3.05, 3.63) is 0 Å². The Morgan fingerprint density at radius 2 is 2.33 bits per heavy atom. The molecular formula is C9H17N3O3. The lowest BCUT2D eigenvalue weighted by molar-refractivity contribution is -0.121. The summed E-state index contributed by atoms with van der Waals surface area (Å²) in [7, 11) is 1.22. The maximum Gasteiger partial charge on any atom is 0.413 e. The molecule has 1 fully saturated rings. The van der Waals surface area contributed by atoms with E-state index in [4.69, 9.17) is 5.73 Å². The minimum Gasteiger partial charge on any atom is -0.453 e. The molecule has 0 aromatic carbocycles. The lowest BCUT2D eigenvalue weighted by atomic mass is 10.2. The molecule has 3 N–H and O–H groups in total. The number of nitrogens with zero attached hydrogens (tertiary/aromatic N) is 1. The highest BCUT2D eigenvalue weighted by atomic mass is 16.5. The van der Waals surface area contributed by atoms with E-state index in [1.54, 1.807) is 0 Å². The van der Waals surface area contributed by atoms with Gasteiger partial charge in [0.2, 0.25) is 5.91 Å². The third kappa shape index (κ3) is 3.49. The van der Waals surface area contributed by atoms with Gasteiger partial charge in [-0.05, 0) is 19.4 Å².